The van der Waals surface area contributed by atoms with Gasteiger partial charge in [-0.25, -0.2) is 4.39 Å². The number of anilines is 1. The van der Waals surface area contributed by atoms with Gasteiger partial charge in [0.1, 0.15) is 6.26 Å². The number of nitrogens with one attached hydrogen (secondary N) is 1. The maximum absolute atomic E-state index is 12.0. The van der Waals surface area contributed by atoms with E-state index in [-0.39, 0.29) is 5.82 Å². The van der Waals surface area contributed by atoms with E-state index < -0.39 is 11.5 Å². The van der Waals surface area contributed by atoms with Crippen molar-refractivity contribution in [3.8, 4) is 0 Å². The van der Waals surface area contributed by atoms with Gasteiger partial charge >= 0.3 is 0 Å². The molecule has 1 aromatic heterocycles. The zero-order valence-corrected chi connectivity index (χ0v) is 6.01. The molecule has 1 unspecified atom stereocenters. The molecule has 0 bridgehead atoms. The lowest BCUT2D eigenvalue weighted by molar-refractivity contribution is -0.118. The summed E-state index contributed by atoms with van der Waals surface area (Å²) in [6.07, 6.45) is 1.25. The Morgan fingerprint density at radius 3 is 3.09 bits per heavy atom. The first kappa shape index (κ1) is 8.00. The first-order chi connectivity index (χ1) is 5.20. The second-order valence-electron chi connectivity index (χ2n) is 1.67. The van der Waals surface area contributed by atoms with Gasteiger partial charge in [-0.15, -0.1) is 0 Å². The molecule has 0 aromatic carbocycles. The Balaban J connectivity index is 2.50. The number of hydrogen-bond acceptors (Lipinski definition) is 3. The van der Waals surface area contributed by atoms with Crippen LogP contribution in [-0.2, 0) is 4.79 Å². The largest absolute Gasteiger partial charge is 0.363 e. The number of carbonyl (C=O) groups excluding carboxylic acids is 1. The lowest BCUT2D eigenvalue weighted by atomic mass is 10.6. The van der Waals surface area contributed by atoms with Gasteiger partial charge in [0.15, 0.2) is 5.82 Å². The van der Waals surface area contributed by atoms with Crippen molar-refractivity contribution in [2.75, 3.05) is 5.32 Å². The number of nitrogens with zero attached hydrogens (tertiary/aromatic N) is 1. The monoisotopic (exact) mass is 178 g/mol. The highest BCUT2D eigenvalue weighted by Gasteiger charge is 2.13. The van der Waals surface area contributed by atoms with Crippen LogP contribution < -0.4 is 5.32 Å². The molecule has 0 saturated carbocycles. The number of aromatic nitrogens is 1. The van der Waals surface area contributed by atoms with Gasteiger partial charge in [0.25, 0.3) is 11.5 Å². The molecular formula is C5H4ClFN2O2. The first-order valence-corrected chi connectivity index (χ1v) is 3.13. The number of carbonyl (C=O) groups is 1. The highest BCUT2D eigenvalue weighted by atomic mass is 35.5. The van der Waals surface area contributed by atoms with Crippen LogP contribution in [0.1, 0.15) is 0 Å². The number of alkyl halides is 2. The minimum atomic E-state index is -2.06. The summed E-state index contributed by atoms with van der Waals surface area (Å²) >= 11 is 4.81. The van der Waals surface area contributed by atoms with E-state index in [1.54, 1.807) is 0 Å². The van der Waals surface area contributed by atoms with E-state index in [0.29, 0.717) is 0 Å². The molecule has 1 N–H and O–H groups in total. The molecule has 0 saturated heterocycles. The summed E-state index contributed by atoms with van der Waals surface area (Å²) in [6.45, 7) is 0. The van der Waals surface area contributed by atoms with Crippen LogP contribution in [0.5, 0.6) is 0 Å². The summed E-state index contributed by atoms with van der Waals surface area (Å²) < 4.78 is 16.3. The van der Waals surface area contributed by atoms with Gasteiger partial charge in [0.2, 0.25) is 0 Å². The molecule has 11 heavy (non-hydrogen) atoms. The second-order valence-corrected chi connectivity index (χ2v) is 2.06. The number of hydrogen-bond donors (Lipinski definition) is 1. The molecule has 6 heteroatoms. The smallest absolute Gasteiger partial charge is 0.275 e. The maximum Gasteiger partial charge on any atom is 0.275 e. The van der Waals surface area contributed by atoms with Crippen LogP contribution in [0.15, 0.2) is 16.9 Å². The minimum Gasteiger partial charge on any atom is -0.363 e. The average molecular weight is 179 g/mol. The van der Waals surface area contributed by atoms with Crippen molar-refractivity contribution in [2.45, 2.75) is 5.63 Å². The average Bonchev–Trinajstić information content (AvgIpc) is 2.39. The van der Waals surface area contributed by atoms with E-state index in [9.17, 15) is 9.18 Å². The molecule has 0 radical (unpaired) electrons. The maximum atomic E-state index is 12.0. The lowest BCUT2D eigenvalue weighted by Gasteiger charge is -1.97. The summed E-state index contributed by atoms with van der Waals surface area (Å²) in [4.78, 5) is 10.5. The van der Waals surface area contributed by atoms with Crippen LogP contribution >= 0.6 is 11.6 Å². The number of rotatable bonds is 2. The molecule has 1 aromatic rings. The van der Waals surface area contributed by atoms with E-state index in [2.05, 4.69) is 15.0 Å². The molecule has 1 amide bonds. The third-order valence-electron chi connectivity index (χ3n) is 0.887. The van der Waals surface area contributed by atoms with Crippen molar-refractivity contribution >= 4 is 23.3 Å². The fraction of sp³-hybridized carbons (Fsp3) is 0.200. The minimum absolute atomic E-state index is 0.137. The second kappa shape index (κ2) is 3.34. The molecule has 4 nitrogen and oxygen atoms in total. The van der Waals surface area contributed by atoms with Crippen molar-refractivity contribution < 1.29 is 13.7 Å². The molecule has 1 rings (SSSR count). The Morgan fingerprint density at radius 2 is 2.64 bits per heavy atom. The normalized spacial score (nSPS) is 12.5. The van der Waals surface area contributed by atoms with Gasteiger partial charge in [-0.3, -0.25) is 4.79 Å². The Bertz CT molecular complexity index is 237. The summed E-state index contributed by atoms with van der Waals surface area (Å²) in [5.74, 6) is -0.820. The molecular weight excluding hydrogens is 175 g/mol. The fourth-order valence-corrected chi connectivity index (χ4v) is 0.512. The third kappa shape index (κ3) is 2.19. The number of halogens is 2. The molecule has 60 valence electrons. The van der Waals surface area contributed by atoms with Crippen molar-refractivity contribution in [3.05, 3.63) is 12.3 Å². The molecule has 1 atom stereocenters. The molecule has 0 aliphatic rings. The summed E-state index contributed by atoms with van der Waals surface area (Å²) in [5.41, 5.74) is -2.06. The van der Waals surface area contributed by atoms with Gasteiger partial charge in [0.05, 0.1) is 0 Å². The van der Waals surface area contributed by atoms with Gasteiger partial charge < -0.3 is 9.84 Å². The standard InChI is InChI=1S/C5H4ClFN2O2/c6-4(7)5(10)8-3-1-2-11-9-3/h1-2,4H,(H,8,9,10). The van der Waals surface area contributed by atoms with Crippen molar-refractivity contribution in [2.24, 2.45) is 0 Å². The van der Waals surface area contributed by atoms with Crippen LogP contribution in [0.3, 0.4) is 0 Å². The SMILES string of the molecule is O=C(Nc1ccon1)C(F)Cl. The van der Waals surface area contributed by atoms with Crippen LogP contribution in [-0.4, -0.2) is 16.7 Å². The van der Waals surface area contributed by atoms with Gasteiger partial charge in [0, 0.05) is 6.07 Å². The van der Waals surface area contributed by atoms with Crippen LogP contribution in [0, 0.1) is 0 Å². The predicted octanol–water partition coefficient (Wildman–Crippen LogP) is 1.15. The Labute approximate surface area is 66.3 Å². The highest BCUT2D eigenvalue weighted by molar-refractivity contribution is 6.31. The van der Waals surface area contributed by atoms with E-state index in [4.69, 9.17) is 11.6 Å². The van der Waals surface area contributed by atoms with Gasteiger partial charge in [-0.05, 0) is 0 Å². The zero-order valence-electron chi connectivity index (χ0n) is 5.25. The molecule has 1 heterocycles. The molecule has 0 fully saturated rings. The lowest BCUT2D eigenvalue weighted by Crippen LogP contribution is -2.19. The Morgan fingerprint density at radius 1 is 1.91 bits per heavy atom. The van der Waals surface area contributed by atoms with Gasteiger partial charge in [-0.2, -0.15) is 0 Å². The zero-order chi connectivity index (χ0) is 8.27. The van der Waals surface area contributed by atoms with Crippen LogP contribution in [0.2, 0.25) is 0 Å². The quantitative estimate of drug-likeness (QED) is 0.692. The van der Waals surface area contributed by atoms with E-state index >= 15 is 0 Å². The molecule has 0 aliphatic heterocycles. The van der Waals surface area contributed by atoms with Gasteiger partial charge in [-0.1, -0.05) is 16.8 Å². The Hall–Kier alpha value is -1.10. The summed E-state index contributed by atoms with van der Waals surface area (Å²) in [6, 6.07) is 1.37. The topological polar surface area (TPSA) is 55.1 Å². The van der Waals surface area contributed by atoms with Crippen LogP contribution in [0.4, 0.5) is 10.2 Å². The van der Waals surface area contributed by atoms with Crippen LogP contribution in [0.25, 0.3) is 0 Å². The summed E-state index contributed by atoms with van der Waals surface area (Å²) in [7, 11) is 0. The number of amides is 1. The Kier molecular flexibility index (Phi) is 2.43. The van der Waals surface area contributed by atoms with E-state index in [1.165, 1.54) is 12.3 Å². The highest BCUT2D eigenvalue weighted by Crippen LogP contribution is 2.04. The first-order valence-electron chi connectivity index (χ1n) is 2.69. The fourth-order valence-electron chi connectivity index (χ4n) is 0.458. The van der Waals surface area contributed by atoms with Crippen molar-refractivity contribution in [3.63, 3.8) is 0 Å². The van der Waals surface area contributed by atoms with Crippen molar-refractivity contribution in [1.29, 1.82) is 0 Å². The van der Waals surface area contributed by atoms with Crippen molar-refractivity contribution in [1.82, 2.24) is 5.16 Å². The third-order valence-corrected chi connectivity index (χ3v) is 1.09. The van der Waals surface area contributed by atoms with E-state index in [1.807, 2.05) is 0 Å². The van der Waals surface area contributed by atoms with E-state index in [0.717, 1.165) is 0 Å². The summed E-state index contributed by atoms with van der Waals surface area (Å²) in [5, 5.41) is 5.38. The molecule has 0 spiro atoms. The molecule has 0 aliphatic carbocycles. The predicted molar refractivity (Wildman–Crippen MR) is 35.9 cm³/mol.